The molecule has 0 aromatic rings. The van der Waals surface area contributed by atoms with Crippen LogP contribution in [0.15, 0.2) is 0 Å². The van der Waals surface area contributed by atoms with Gasteiger partial charge < -0.3 is 29.2 Å². The molecular formula is C11H20O8Y2. The van der Waals surface area contributed by atoms with Crippen LogP contribution in [-0.2, 0) is 84.4 Å². The fourth-order valence-corrected chi connectivity index (χ4v) is 0.837. The van der Waals surface area contributed by atoms with Crippen LogP contribution >= 0.6 is 0 Å². The summed E-state index contributed by atoms with van der Waals surface area (Å²) in [4.78, 5) is 22.0. The van der Waals surface area contributed by atoms with Crippen LogP contribution < -0.4 is 0 Å². The number of carbonyl (C=O) groups excluding carboxylic acids is 2. The molecule has 21 heavy (non-hydrogen) atoms. The van der Waals surface area contributed by atoms with E-state index in [0.29, 0.717) is 0 Å². The van der Waals surface area contributed by atoms with Crippen molar-refractivity contribution in [2.24, 2.45) is 0 Å². The van der Waals surface area contributed by atoms with E-state index in [1.165, 1.54) is 20.8 Å². The van der Waals surface area contributed by atoms with Gasteiger partial charge in [0.1, 0.15) is 25.9 Å². The number of rotatable bonds is 7. The van der Waals surface area contributed by atoms with Gasteiger partial charge in [0.15, 0.2) is 0 Å². The molecule has 2 N–H and O–H groups in total. The van der Waals surface area contributed by atoms with Gasteiger partial charge in [-0.05, 0) is 20.8 Å². The van der Waals surface area contributed by atoms with Gasteiger partial charge in [0.05, 0.1) is 12.2 Å². The first-order valence-electron chi connectivity index (χ1n) is 5.80. The number of aliphatic hydroxyl groups excluding tert-OH is 2. The van der Waals surface area contributed by atoms with Gasteiger partial charge in [0, 0.05) is 65.4 Å². The van der Waals surface area contributed by atoms with Gasteiger partial charge in [-0.3, -0.25) is 0 Å². The standard InChI is InChI=1S/C11H20O8.2Y/c1-7(12)4-16-10(14)18-6-9(3)19-11(15)17-5-8(2)13;;/h7-9,12-13H,4-6H2,1-3H3;;. The van der Waals surface area contributed by atoms with Crippen LogP contribution in [0.25, 0.3) is 0 Å². The second-order valence-electron chi connectivity index (χ2n) is 4.06. The van der Waals surface area contributed by atoms with Crippen molar-refractivity contribution in [2.45, 2.75) is 39.1 Å². The van der Waals surface area contributed by atoms with Crippen molar-refractivity contribution in [1.29, 1.82) is 0 Å². The number of carbonyl (C=O) groups is 2. The molecule has 118 valence electrons. The van der Waals surface area contributed by atoms with Gasteiger partial charge >= 0.3 is 12.3 Å². The molecule has 0 bridgehead atoms. The van der Waals surface area contributed by atoms with E-state index in [4.69, 9.17) is 14.9 Å². The first-order valence-corrected chi connectivity index (χ1v) is 5.80. The number of hydrogen-bond acceptors (Lipinski definition) is 8. The molecule has 0 heterocycles. The van der Waals surface area contributed by atoms with Crippen molar-refractivity contribution in [1.82, 2.24) is 0 Å². The van der Waals surface area contributed by atoms with Crippen LogP contribution in [0.1, 0.15) is 20.8 Å². The minimum atomic E-state index is -0.964. The van der Waals surface area contributed by atoms with Gasteiger partial charge in [-0.25, -0.2) is 9.59 Å². The van der Waals surface area contributed by atoms with Crippen molar-refractivity contribution < 1.29 is 104 Å². The molecule has 0 aliphatic rings. The van der Waals surface area contributed by atoms with Crippen LogP contribution in [0.3, 0.4) is 0 Å². The minimum absolute atomic E-state index is 0. The van der Waals surface area contributed by atoms with Crippen LogP contribution in [0.4, 0.5) is 9.59 Å². The number of ether oxygens (including phenoxy) is 4. The second kappa shape index (κ2) is 15.6. The van der Waals surface area contributed by atoms with Gasteiger partial charge in [-0.2, -0.15) is 0 Å². The maximum atomic E-state index is 11.1. The third-order valence-corrected chi connectivity index (χ3v) is 1.62. The smallest absolute Gasteiger partial charge is 0.432 e. The second-order valence-corrected chi connectivity index (χ2v) is 4.06. The Bertz CT molecular complexity index is 285. The Morgan fingerprint density at radius 2 is 1.19 bits per heavy atom. The van der Waals surface area contributed by atoms with Crippen molar-refractivity contribution in [3.63, 3.8) is 0 Å². The Hall–Kier alpha value is 0.668. The maximum absolute atomic E-state index is 11.1. The molecule has 0 aromatic heterocycles. The molecular weight excluding hydrogens is 438 g/mol. The van der Waals surface area contributed by atoms with E-state index in [0.717, 1.165) is 0 Å². The van der Waals surface area contributed by atoms with Crippen LogP contribution in [0.5, 0.6) is 0 Å². The molecule has 0 aromatic carbocycles. The molecule has 3 unspecified atom stereocenters. The summed E-state index contributed by atoms with van der Waals surface area (Å²) in [6, 6.07) is 0. The van der Waals surface area contributed by atoms with Crippen LogP contribution in [0, 0.1) is 0 Å². The van der Waals surface area contributed by atoms with E-state index in [2.05, 4.69) is 14.2 Å². The van der Waals surface area contributed by atoms with Crippen LogP contribution in [-0.4, -0.2) is 60.7 Å². The molecule has 0 aliphatic carbocycles. The molecule has 10 heteroatoms. The summed E-state index contributed by atoms with van der Waals surface area (Å²) in [6.07, 6.45) is -4.21. The Balaban J connectivity index is -0.00000162. The fraction of sp³-hybridized carbons (Fsp3) is 0.818. The SMILES string of the molecule is CC(O)COC(=O)OCC(C)OC(=O)OCC(C)O.[Y].[Y]. The average Bonchev–Trinajstić information content (AvgIpc) is 2.31. The van der Waals surface area contributed by atoms with Crippen molar-refractivity contribution >= 4 is 12.3 Å². The molecule has 3 atom stereocenters. The molecule has 8 nitrogen and oxygen atoms in total. The third kappa shape index (κ3) is 18.6. The van der Waals surface area contributed by atoms with Crippen molar-refractivity contribution in [3.8, 4) is 0 Å². The predicted molar refractivity (Wildman–Crippen MR) is 62.6 cm³/mol. The summed E-state index contributed by atoms with van der Waals surface area (Å²) < 4.78 is 18.4. The van der Waals surface area contributed by atoms with E-state index >= 15 is 0 Å². The Morgan fingerprint density at radius 1 is 0.810 bits per heavy atom. The third-order valence-electron chi connectivity index (χ3n) is 1.62. The zero-order valence-corrected chi connectivity index (χ0v) is 18.0. The molecule has 0 spiro atoms. The van der Waals surface area contributed by atoms with Gasteiger partial charge in [-0.1, -0.05) is 0 Å². The van der Waals surface area contributed by atoms with Gasteiger partial charge in [0.2, 0.25) is 0 Å². The zero-order chi connectivity index (χ0) is 14.8. The van der Waals surface area contributed by atoms with Crippen molar-refractivity contribution in [2.75, 3.05) is 19.8 Å². The van der Waals surface area contributed by atoms with E-state index in [-0.39, 0.29) is 85.2 Å². The Labute approximate surface area is 174 Å². The summed E-state index contributed by atoms with van der Waals surface area (Å²) in [5.41, 5.74) is 0. The fourth-order valence-electron chi connectivity index (χ4n) is 0.837. The topological polar surface area (TPSA) is 112 Å². The summed E-state index contributed by atoms with van der Waals surface area (Å²) in [5, 5.41) is 17.7. The number of hydrogen-bond donors (Lipinski definition) is 2. The number of aliphatic hydroxyl groups is 2. The molecule has 0 rings (SSSR count). The van der Waals surface area contributed by atoms with Crippen molar-refractivity contribution in [3.05, 3.63) is 0 Å². The Kier molecular flexibility index (Phi) is 19.7. The Morgan fingerprint density at radius 3 is 1.62 bits per heavy atom. The summed E-state index contributed by atoms with van der Waals surface area (Å²) in [6.45, 7) is 3.84. The maximum Gasteiger partial charge on any atom is 0.508 e. The molecule has 0 saturated carbocycles. The van der Waals surface area contributed by atoms with E-state index in [9.17, 15) is 9.59 Å². The van der Waals surface area contributed by atoms with E-state index < -0.39 is 30.6 Å². The largest absolute Gasteiger partial charge is 0.508 e. The molecule has 2 radical (unpaired) electrons. The summed E-state index contributed by atoms with van der Waals surface area (Å²) in [7, 11) is 0. The average molecular weight is 458 g/mol. The molecule has 0 aliphatic heterocycles. The normalized spacial score (nSPS) is 13.6. The van der Waals surface area contributed by atoms with Gasteiger partial charge in [0.25, 0.3) is 0 Å². The first kappa shape index (κ1) is 26.6. The molecule has 0 fully saturated rings. The summed E-state index contributed by atoms with van der Waals surface area (Å²) >= 11 is 0. The van der Waals surface area contributed by atoms with E-state index in [1.54, 1.807) is 0 Å². The minimum Gasteiger partial charge on any atom is -0.432 e. The quantitative estimate of drug-likeness (QED) is 0.529. The van der Waals surface area contributed by atoms with E-state index in [1.807, 2.05) is 0 Å². The van der Waals surface area contributed by atoms with Gasteiger partial charge in [-0.15, -0.1) is 0 Å². The predicted octanol–water partition coefficient (Wildman–Crippen LogP) is 0.438. The van der Waals surface area contributed by atoms with Crippen LogP contribution in [0.2, 0.25) is 0 Å². The monoisotopic (exact) mass is 458 g/mol. The first-order chi connectivity index (χ1) is 8.81. The molecule has 0 saturated heterocycles. The zero-order valence-electron chi connectivity index (χ0n) is 12.4. The molecule has 0 amide bonds. The summed E-state index contributed by atoms with van der Waals surface area (Å²) in [5.74, 6) is 0.